The van der Waals surface area contributed by atoms with Gasteiger partial charge in [-0.15, -0.1) is 36.2 Å². The van der Waals surface area contributed by atoms with Crippen molar-refractivity contribution in [3.05, 3.63) is 15.6 Å². The minimum absolute atomic E-state index is 0. The van der Waals surface area contributed by atoms with Crippen molar-refractivity contribution in [1.29, 1.82) is 0 Å². The Balaban J connectivity index is 0. The number of carbonyl (C=O) groups is 1. The number of aromatic nitrogens is 1. The zero-order valence-corrected chi connectivity index (χ0v) is 14.5. The van der Waals surface area contributed by atoms with Crippen LogP contribution in [0.3, 0.4) is 0 Å². The molecule has 0 aliphatic heterocycles. The number of ether oxygens (including phenoxy) is 1. The van der Waals surface area contributed by atoms with E-state index >= 15 is 0 Å². The average molecular weight is 344 g/mol. The topological polar surface area (TPSA) is 63.2 Å². The van der Waals surface area contributed by atoms with Gasteiger partial charge in [0.05, 0.1) is 23.9 Å². The van der Waals surface area contributed by atoms with Crippen LogP contribution in [0.2, 0.25) is 0 Å². The SMILES string of the molecule is COCCNCC(=O)NCCc1sc(C)nc1C.Cl.Cl. The molecule has 2 N–H and O–H groups in total. The Morgan fingerprint density at radius 2 is 2.00 bits per heavy atom. The van der Waals surface area contributed by atoms with E-state index in [0.717, 1.165) is 17.1 Å². The molecule has 0 saturated carbocycles. The summed E-state index contributed by atoms with van der Waals surface area (Å²) in [5, 5.41) is 6.96. The summed E-state index contributed by atoms with van der Waals surface area (Å²) in [6.45, 7) is 6.31. The van der Waals surface area contributed by atoms with Crippen molar-refractivity contribution in [1.82, 2.24) is 15.6 Å². The zero-order valence-electron chi connectivity index (χ0n) is 12.0. The molecule has 1 heterocycles. The van der Waals surface area contributed by atoms with Crippen molar-refractivity contribution in [2.75, 3.05) is 33.4 Å². The molecule has 0 atom stereocenters. The van der Waals surface area contributed by atoms with E-state index in [0.29, 0.717) is 26.2 Å². The highest BCUT2D eigenvalue weighted by Crippen LogP contribution is 2.16. The zero-order chi connectivity index (χ0) is 13.4. The van der Waals surface area contributed by atoms with E-state index in [-0.39, 0.29) is 30.7 Å². The highest BCUT2D eigenvalue weighted by Gasteiger charge is 2.05. The molecule has 20 heavy (non-hydrogen) atoms. The molecule has 1 amide bonds. The van der Waals surface area contributed by atoms with Gasteiger partial charge in [-0.2, -0.15) is 0 Å². The molecule has 0 fully saturated rings. The summed E-state index contributed by atoms with van der Waals surface area (Å²) in [6.07, 6.45) is 0.848. The number of amides is 1. The molecule has 0 aliphatic rings. The maximum absolute atomic E-state index is 11.5. The summed E-state index contributed by atoms with van der Waals surface area (Å²) < 4.78 is 4.88. The number of hydrogen-bond donors (Lipinski definition) is 2. The van der Waals surface area contributed by atoms with Gasteiger partial charge in [0.15, 0.2) is 0 Å². The molecule has 1 rings (SSSR count). The van der Waals surface area contributed by atoms with Crippen molar-refractivity contribution >= 4 is 42.1 Å². The highest BCUT2D eigenvalue weighted by atomic mass is 35.5. The summed E-state index contributed by atoms with van der Waals surface area (Å²) >= 11 is 1.70. The normalized spacial score (nSPS) is 9.55. The van der Waals surface area contributed by atoms with Gasteiger partial charge in [0, 0.05) is 31.5 Å². The van der Waals surface area contributed by atoms with E-state index in [1.54, 1.807) is 18.4 Å². The smallest absolute Gasteiger partial charge is 0.233 e. The number of halogens is 2. The number of carbonyl (C=O) groups excluding carboxylic acids is 1. The third kappa shape index (κ3) is 8.71. The first kappa shape index (κ1) is 21.9. The van der Waals surface area contributed by atoms with E-state index in [1.165, 1.54) is 4.88 Å². The van der Waals surface area contributed by atoms with E-state index in [9.17, 15) is 4.79 Å². The fraction of sp³-hybridized carbons (Fsp3) is 0.667. The molecule has 0 radical (unpaired) electrons. The predicted molar refractivity (Wildman–Crippen MR) is 87.5 cm³/mol. The second kappa shape index (κ2) is 12.3. The van der Waals surface area contributed by atoms with Crippen LogP contribution in [0.25, 0.3) is 0 Å². The Morgan fingerprint density at radius 1 is 1.30 bits per heavy atom. The summed E-state index contributed by atoms with van der Waals surface area (Å²) in [7, 11) is 1.64. The predicted octanol–water partition coefficient (Wildman–Crippen LogP) is 1.50. The van der Waals surface area contributed by atoms with Gasteiger partial charge in [-0.3, -0.25) is 4.79 Å². The van der Waals surface area contributed by atoms with Gasteiger partial charge in [0.2, 0.25) is 5.91 Å². The van der Waals surface area contributed by atoms with Crippen molar-refractivity contribution in [3.63, 3.8) is 0 Å². The minimum atomic E-state index is 0. The van der Waals surface area contributed by atoms with Crippen LogP contribution < -0.4 is 10.6 Å². The number of rotatable bonds is 8. The molecule has 118 valence electrons. The third-order valence-electron chi connectivity index (χ3n) is 2.44. The number of thiazole rings is 1. The van der Waals surface area contributed by atoms with E-state index in [4.69, 9.17) is 4.74 Å². The Morgan fingerprint density at radius 3 is 2.55 bits per heavy atom. The van der Waals surface area contributed by atoms with Crippen molar-refractivity contribution in [2.45, 2.75) is 20.3 Å². The number of nitrogens with zero attached hydrogens (tertiary/aromatic N) is 1. The maximum Gasteiger partial charge on any atom is 0.233 e. The molecule has 5 nitrogen and oxygen atoms in total. The molecule has 0 aromatic carbocycles. The Bertz CT molecular complexity index is 389. The fourth-order valence-corrected chi connectivity index (χ4v) is 2.50. The van der Waals surface area contributed by atoms with Gasteiger partial charge in [0.1, 0.15) is 0 Å². The van der Waals surface area contributed by atoms with Gasteiger partial charge in [0.25, 0.3) is 0 Å². The van der Waals surface area contributed by atoms with Crippen LogP contribution in [0, 0.1) is 13.8 Å². The first-order valence-corrected chi connectivity index (χ1v) is 6.84. The van der Waals surface area contributed by atoms with E-state index in [1.807, 2.05) is 13.8 Å². The maximum atomic E-state index is 11.5. The molecular formula is C12H23Cl2N3O2S. The number of nitrogens with one attached hydrogen (secondary N) is 2. The average Bonchev–Trinajstić information content (AvgIpc) is 2.64. The molecule has 0 saturated heterocycles. The van der Waals surface area contributed by atoms with Crippen molar-refractivity contribution in [2.24, 2.45) is 0 Å². The number of hydrogen-bond acceptors (Lipinski definition) is 5. The molecule has 0 unspecified atom stereocenters. The van der Waals surface area contributed by atoms with Crippen molar-refractivity contribution < 1.29 is 9.53 Å². The van der Waals surface area contributed by atoms with Gasteiger partial charge in [-0.1, -0.05) is 0 Å². The molecule has 1 aromatic heterocycles. The first-order valence-electron chi connectivity index (χ1n) is 6.02. The van der Waals surface area contributed by atoms with Crippen LogP contribution in [-0.2, 0) is 16.0 Å². The number of methoxy groups -OCH3 is 1. The lowest BCUT2D eigenvalue weighted by atomic mass is 10.3. The number of aryl methyl sites for hydroxylation is 2. The lowest BCUT2D eigenvalue weighted by Crippen LogP contribution is -2.36. The fourth-order valence-electron chi connectivity index (χ4n) is 1.56. The Labute approximate surface area is 136 Å². The standard InChI is InChI=1S/C12H21N3O2S.2ClH/c1-9-11(18-10(2)15-9)4-5-14-12(16)8-13-6-7-17-3;;/h13H,4-8H2,1-3H3,(H,14,16);2*1H. The Hall–Kier alpha value is -0.400. The van der Waals surface area contributed by atoms with Crippen LogP contribution in [0.5, 0.6) is 0 Å². The molecule has 1 aromatic rings. The van der Waals surface area contributed by atoms with Crippen LogP contribution >= 0.6 is 36.2 Å². The Kier molecular flexibility index (Phi) is 13.5. The third-order valence-corrected chi connectivity index (χ3v) is 3.57. The van der Waals surface area contributed by atoms with Crippen LogP contribution in [0.4, 0.5) is 0 Å². The molecular weight excluding hydrogens is 321 g/mol. The summed E-state index contributed by atoms with van der Waals surface area (Å²) in [5.74, 6) is 0.0185. The van der Waals surface area contributed by atoms with E-state index in [2.05, 4.69) is 15.6 Å². The summed E-state index contributed by atoms with van der Waals surface area (Å²) in [4.78, 5) is 17.1. The second-order valence-electron chi connectivity index (χ2n) is 4.01. The summed E-state index contributed by atoms with van der Waals surface area (Å²) in [6, 6.07) is 0. The highest BCUT2D eigenvalue weighted by molar-refractivity contribution is 7.11. The van der Waals surface area contributed by atoms with Gasteiger partial charge in [-0.25, -0.2) is 4.98 Å². The van der Waals surface area contributed by atoms with Crippen molar-refractivity contribution in [3.8, 4) is 0 Å². The first-order chi connectivity index (χ1) is 8.63. The van der Waals surface area contributed by atoms with Crippen LogP contribution in [0.15, 0.2) is 0 Å². The van der Waals surface area contributed by atoms with Gasteiger partial charge >= 0.3 is 0 Å². The molecule has 0 spiro atoms. The summed E-state index contributed by atoms with van der Waals surface area (Å²) in [5.41, 5.74) is 1.07. The lowest BCUT2D eigenvalue weighted by Gasteiger charge is -2.05. The van der Waals surface area contributed by atoms with Gasteiger partial charge in [-0.05, 0) is 13.8 Å². The largest absolute Gasteiger partial charge is 0.383 e. The van der Waals surface area contributed by atoms with Crippen LogP contribution in [-0.4, -0.2) is 44.2 Å². The molecule has 0 aliphatic carbocycles. The van der Waals surface area contributed by atoms with Crippen LogP contribution in [0.1, 0.15) is 15.6 Å². The lowest BCUT2D eigenvalue weighted by molar-refractivity contribution is -0.120. The molecule has 8 heteroatoms. The quantitative estimate of drug-likeness (QED) is 0.702. The second-order valence-corrected chi connectivity index (χ2v) is 5.30. The molecule has 0 bridgehead atoms. The monoisotopic (exact) mass is 343 g/mol. The minimum Gasteiger partial charge on any atom is -0.383 e. The van der Waals surface area contributed by atoms with E-state index < -0.39 is 0 Å². The van der Waals surface area contributed by atoms with Gasteiger partial charge < -0.3 is 15.4 Å².